The van der Waals surface area contributed by atoms with Crippen LogP contribution in [0.15, 0.2) is 24.4 Å². The molecule has 0 bridgehead atoms. The van der Waals surface area contributed by atoms with Crippen LogP contribution in [0.1, 0.15) is 0 Å². The zero-order valence-corrected chi connectivity index (χ0v) is 7.84. The van der Waals surface area contributed by atoms with Crippen LogP contribution in [0.4, 0.5) is 10.5 Å². The second-order valence-electron chi connectivity index (χ2n) is 3.01. The Morgan fingerprint density at radius 2 is 2.25 bits per heavy atom. The molecule has 1 heterocycles. The number of aromatic nitrogens is 1. The summed E-state index contributed by atoms with van der Waals surface area (Å²) >= 11 is 0. The van der Waals surface area contributed by atoms with Gasteiger partial charge in [0.05, 0.1) is 4.92 Å². The van der Waals surface area contributed by atoms with Gasteiger partial charge in [-0.05, 0) is 6.07 Å². The summed E-state index contributed by atoms with van der Waals surface area (Å²) in [6.07, 6.45) is -0.130. The van der Waals surface area contributed by atoms with E-state index in [1.54, 1.807) is 0 Å². The van der Waals surface area contributed by atoms with Crippen molar-refractivity contribution in [2.75, 3.05) is 0 Å². The molecule has 1 aromatic heterocycles. The molecule has 0 saturated carbocycles. The fraction of sp³-hybridized carbons (Fsp3) is 0. The third-order valence-electron chi connectivity index (χ3n) is 2.04. The number of carboxylic acid groups (broad SMARTS) is 1. The monoisotopic (exact) mass is 222 g/mol. The van der Waals surface area contributed by atoms with Gasteiger partial charge in [-0.3, -0.25) is 10.1 Å². The van der Waals surface area contributed by atoms with Crippen LogP contribution >= 0.6 is 0 Å². The first-order chi connectivity index (χ1) is 7.58. The van der Waals surface area contributed by atoms with Crippen LogP contribution < -0.4 is 4.74 Å². The van der Waals surface area contributed by atoms with Gasteiger partial charge in [-0.1, -0.05) is 0 Å². The van der Waals surface area contributed by atoms with Crippen molar-refractivity contribution in [1.29, 1.82) is 0 Å². The summed E-state index contributed by atoms with van der Waals surface area (Å²) in [5.41, 5.74) is 0.448. The number of aromatic amines is 1. The molecular formula is C9H6N2O5. The summed E-state index contributed by atoms with van der Waals surface area (Å²) in [7, 11) is 0. The average Bonchev–Trinajstić information content (AvgIpc) is 2.60. The van der Waals surface area contributed by atoms with Crippen LogP contribution in [0.5, 0.6) is 5.75 Å². The number of nitro groups is 1. The molecule has 7 heteroatoms. The maximum Gasteiger partial charge on any atom is 0.511 e. The van der Waals surface area contributed by atoms with E-state index in [2.05, 4.69) is 9.72 Å². The van der Waals surface area contributed by atoms with Gasteiger partial charge in [-0.2, -0.15) is 0 Å². The van der Waals surface area contributed by atoms with Crippen molar-refractivity contribution in [1.82, 2.24) is 4.98 Å². The number of carbonyl (C=O) groups is 1. The van der Waals surface area contributed by atoms with E-state index in [1.165, 1.54) is 24.4 Å². The summed E-state index contributed by atoms with van der Waals surface area (Å²) < 4.78 is 4.47. The second-order valence-corrected chi connectivity index (χ2v) is 3.01. The summed E-state index contributed by atoms with van der Waals surface area (Å²) in [6.45, 7) is 0. The number of rotatable bonds is 2. The lowest BCUT2D eigenvalue weighted by Gasteiger charge is -1.96. The van der Waals surface area contributed by atoms with E-state index < -0.39 is 11.1 Å². The number of fused-ring (bicyclic) bond motifs is 1. The number of hydrogen-bond donors (Lipinski definition) is 2. The molecule has 7 nitrogen and oxygen atoms in total. The predicted molar refractivity (Wildman–Crippen MR) is 53.6 cm³/mol. The van der Waals surface area contributed by atoms with Gasteiger partial charge in [0.1, 0.15) is 0 Å². The van der Waals surface area contributed by atoms with Gasteiger partial charge in [-0.25, -0.2) is 4.79 Å². The molecule has 2 aromatic rings. The number of nitro benzene ring substituents is 1. The van der Waals surface area contributed by atoms with Crippen LogP contribution in [0.3, 0.4) is 0 Å². The minimum absolute atomic E-state index is 0.0474. The van der Waals surface area contributed by atoms with Gasteiger partial charge < -0.3 is 14.8 Å². The number of hydrogen-bond acceptors (Lipinski definition) is 4. The topological polar surface area (TPSA) is 105 Å². The second kappa shape index (κ2) is 3.54. The average molecular weight is 222 g/mol. The van der Waals surface area contributed by atoms with E-state index in [9.17, 15) is 14.9 Å². The van der Waals surface area contributed by atoms with Gasteiger partial charge in [0, 0.05) is 29.2 Å². The van der Waals surface area contributed by atoms with Gasteiger partial charge in [0.25, 0.3) is 5.69 Å². The van der Waals surface area contributed by atoms with E-state index in [-0.39, 0.29) is 11.4 Å². The number of non-ortho nitro benzene ring substituents is 1. The molecule has 16 heavy (non-hydrogen) atoms. The Morgan fingerprint density at radius 3 is 2.88 bits per heavy atom. The van der Waals surface area contributed by atoms with Gasteiger partial charge in [0.2, 0.25) is 0 Å². The predicted octanol–water partition coefficient (Wildman–Crippen LogP) is 2.13. The number of ether oxygens (including phenoxy) is 1. The van der Waals surface area contributed by atoms with Crippen molar-refractivity contribution in [3.63, 3.8) is 0 Å². The van der Waals surface area contributed by atoms with E-state index >= 15 is 0 Å². The van der Waals surface area contributed by atoms with Crippen molar-refractivity contribution < 1.29 is 19.6 Å². The number of H-pyrrole nitrogens is 1. The largest absolute Gasteiger partial charge is 0.511 e. The smallest absolute Gasteiger partial charge is 0.449 e. The molecule has 0 amide bonds. The molecule has 0 atom stereocenters. The van der Waals surface area contributed by atoms with Gasteiger partial charge in [0.15, 0.2) is 5.75 Å². The lowest BCUT2D eigenvalue weighted by Crippen LogP contribution is -2.02. The van der Waals surface area contributed by atoms with Crippen molar-refractivity contribution in [3.05, 3.63) is 34.5 Å². The standard InChI is InChI=1S/C9H6N2O5/c12-9(13)16-8-4-10-7-2-1-5(11(14)15)3-6(7)8/h1-4,10H,(H,12,13). The third kappa shape index (κ3) is 1.65. The maximum absolute atomic E-state index is 10.5. The fourth-order valence-corrected chi connectivity index (χ4v) is 1.38. The molecule has 0 aliphatic rings. The van der Waals surface area contributed by atoms with Crippen LogP contribution in [0.25, 0.3) is 10.9 Å². The first-order valence-electron chi connectivity index (χ1n) is 4.24. The fourth-order valence-electron chi connectivity index (χ4n) is 1.38. The van der Waals surface area contributed by atoms with Gasteiger partial charge in [-0.15, -0.1) is 0 Å². The molecule has 2 N–H and O–H groups in total. The van der Waals surface area contributed by atoms with Gasteiger partial charge >= 0.3 is 6.16 Å². The number of nitrogens with zero attached hydrogens (tertiary/aromatic N) is 1. The lowest BCUT2D eigenvalue weighted by molar-refractivity contribution is -0.384. The normalized spacial score (nSPS) is 10.2. The number of benzene rings is 1. The minimum Gasteiger partial charge on any atom is -0.449 e. The van der Waals surface area contributed by atoms with E-state index in [0.717, 1.165) is 0 Å². The quantitative estimate of drug-likeness (QED) is 0.460. The van der Waals surface area contributed by atoms with Crippen LogP contribution in [0, 0.1) is 10.1 Å². The molecular weight excluding hydrogens is 216 g/mol. The Bertz CT molecular complexity index is 574. The molecule has 0 aliphatic carbocycles. The van der Waals surface area contributed by atoms with Crippen LogP contribution in [-0.4, -0.2) is 21.2 Å². The highest BCUT2D eigenvalue weighted by Gasteiger charge is 2.12. The summed E-state index contributed by atoms with van der Waals surface area (Å²) in [6, 6.07) is 4.07. The molecule has 0 aliphatic heterocycles. The Morgan fingerprint density at radius 1 is 1.50 bits per heavy atom. The summed E-state index contributed by atoms with van der Waals surface area (Å²) in [4.78, 5) is 23.1. The van der Waals surface area contributed by atoms with Crippen molar-refractivity contribution in [2.24, 2.45) is 0 Å². The highest BCUT2D eigenvalue weighted by Crippen LogP contribution is 2.28. The minimum atomic E-state index is -1.47. The molecule has 0 unspecified atom stereocenters. The van der Waals surface area contributed by atoms with Crippen molar-refractivity contribution in [2.45, 2.75) is 0 Å². The maximum atomic E-state index is 10.5. The molecule has 2 rings (SSSR count). The van der Waals surface area contributed by atoms with E-state index in [4.69, 9.17) is 5.11 Å². The highest BCUT2D eigenvalue weighted by molar-refractivity contribution is 5.89. The molecule has 0 radical (unpaired) electrons. The summed E-state index contributed by atoms with van der Waals surface area (Å²) in [5, 5.41) is 19.3. The summed E-state index contributed by atoms with van der Waals surface area (Å²) in [5.74, 6) is 0.0474. The molecule has 0 fully saturated rings. The van der Waals surface area contributed by atoms with Crippen molar-refractivity contribution in [3.8, 4) is 5.75 Å². The molecule has 0 saturated heterocycles. The molecule has 82 valence electrons. The van der Waals surface area contributed by atoms with Crippen molar-refractivity contribution >= 4 is 22.7 Å². The Labute approximate surface area is 88.4 Å². The third-order valence-corrected chi connectivity index (χ3v) is 2.04. The molecule has 0 spiro atoms. The lowest BCUT2D eigenvalue weighted by atomic mass is 10.2. The van der Waals surface area contributed by atoms with Crippen LogP contribution in [-0.2, 0) is 0 Å². The zero-order valence-electron chi connectivity index (χ0n) is 7.84. The first kappa shape index (κ1) is 9.97. The Hall–Kier alpha value is -2.57. The van der Waals surface area contributed by atoms with Crippen LogP contribution in [0.2, 0.25) is 0 Å². The zero-order chi connectivity index (χ0) is 11.7. The molecule has 1 aromatic carbocycles. The Balaban J connectivity index is 2.55. The Kier molecular flexibility index (Phi) is 2.20. The van der Waals surface area contributed by atoms with E-state index in [0.29, 0.717) is 10.9 Å². The highest BCUT2D eigenvalue weighted by atomic mass is 16.7. The SMILES string of the molecule is O=C(O)Oc1c[nH]c2ccc([N+](=O)[O-])cc12. The first-order valence-corrected chi connectivity index (χ1v) is 4.24. The van der Waals surface area contributed by atoms with E-state index in [1.807, 2.05) is 0 Å². The number of nitrogens with one attached hydrogen (secondary N) is 1.